The Balaban J connectivity index is 1.79. The molecular weight excluding hydrogens is 335 g/mol. The van der Waals surface area contributed by atoms with E-state index in [0.29, 0.717) is 21.3 Å². The highest BCUT2D eigenvalue weighted by atomic mass is 35.5. The van der Waals surface area contributed by atoms with E-state index >= 15 is 0 Å². The summed E-state index contributed by atoms with van der Waals surface area (Å²) in [7, 11) is 0. The predicted octanol–water partition coefficient (Wildman–Crippen LogP) is 4.70. The Morgan fingerprint density at radius 3 is 2.35 bits per heavy atom. The Bertz CT molecular complexity index is 715. The minimum Gasteiger partial charge on any atom is -0.337 e. The van der Waals surface area contributed by atoms with Crippen molar-refractivity contribution >= 4 is 40.7 Å². The number of aryl methyl sites for hydroxylation is 1. The number of rotatable bonds is 5. The maximum absolute atomic E-state index is 12.0. The fourth-order valence-electron chi connectivity index (χ4n) is 1.92. The summed E-state index contributed by atoms with van der Waals surface area (Å²) in [6.45, 7) is 2.21. The number of amides is 2. The van der Waals surface area contributed by atoms with Crippen molar-refractivity contribution in [1.29, 1.82) is 0 Å². The maximum Gasteiger partial charge on any atom is 0.319 e. The highest BCUT2D eigenvalue weighted by Gasteiger charge is 2.07. The molecule has 0 atom stereocenters. The fraction of sp³-hybridized carbons (Fsp3) is 0.176. The van der Waals surface area contributed by atoms with Gasteiger partial charge < -0.3 is 10.6 Å². The lowest BCUT2D eigenvalue weighted by molar-refractivity contribution is 0.0984. The zero-order valence-corrected chi connectivity index (χ0v) is 14.0. The van der Waals surface area contributed by atoms with Crippen molar-refractivity contribution in [2.24, 2.45) is 0 Å². The number of hydrogen-bond donors (Lipinski definition) is 2. The summed E-state index contributed by atoms with van der Waals surface area (Å²) >= 11 is 11.7. The number of carbonyl (C=O) groups excluding carboxylic acids is 2. The first-order chi connectivity index (χ1) is 11.0. The molecule has 0 aliphatic heterocycles. The number of Topliss-reactive ketones (excluding diaryl/α,β-unsaturated/α-hetero) is 1. The van der Waals surface area contributed by atoms with Crippen LogP contribution in [0.25, 0.3) is 0 Å². The van der Waals surface area contributed by atoms with Gasteiger partial charge in [-0.05, 0) is 25.1 Å². The van der Waals surface area contributed by atoms with E-state index in [1.807, 2.05) is 19.1 Å². The quantitative estimate of drug-likeness (QED) is 0.768. The minimum absolute atomic E-state index is 0.0140. The Kier molecular flexibility index (Phi) is 6.02. The smallest absolute Gasteiger partial charge is 0.319 e. The topological polar surface area (TPSA) is 58.2 Å². The van der Waals surface area contributed by atoms with E-state index in [1.54, 1.807) is 30.3 Å². The van der Waals surface area contributed by atoms with Gasteiger partial charge in [0.1, 0.15) is 0 Å². The molecule has 0 radical (unpaired) electrons. The molecule has 0 aromatic heterocycles. The van der Waals surface area contributed by atoms with Gasteiger partial charge in [-0.15, -0.1) is 0 Å². The molecule has 0 aliphatic rings. The summed E-state index contributed by atoms with van der Waals surface area (Å²) in [5.41, 5.74) is 2.27. The molecule has 6 heteroatoms. The van der Waals surface area contributed by atoms with Crippen molar-refractivity contribution in [3.8, 4) is 0 Å². The number of nitrogens with one attached hydrogen (secondary N) is 2. The second kappa shape index (κ2) is 7.99. The van der Waals surface area contributed by atoms with Crippen LogP contribution in [0.1, 0.15) is 22.3 Å². The molecule has 2 aromatic rings. The lowest BCUT2D eigenvalue weighted by atomic mass is 10.1. The molecule has 0 bridgehead atoms. The number of ketones is 1. The van der Waals surface area contributed by atoms with Gasteiger partial charge in [0.2, 0.25) is 0 Å². The van der Waals surface area contributed by atoms with Crippen LogP contribution in [-0.2, 0) is 0 Å². The third-order valence-corrected chi connectivity index (χ3v) is 3.93. The third kappa shape index (κ3) is 5.27. The van der Waals surface area contributed by atoms with E-state index in [1.165, 1.54) is 0 Å². The first-order valence-electron chi connectivity index (χ1n) is 7.05. The van der Waals surface area contributed by atoms with Crippen LogP contribution in [0.5, 0.6) is 0 Å². The predicted molar refractivity (Wildman–Crippen MR) is 93.6 cm³/mol. The molecule has 0 spiro atoms. The number of urea groups is 1. The van der Waals surface area contributed by atoms with Crippen LogP contribution in [-0.4, -0.2) is 18.4 Å². The molecule has 0 aliphatic carbocycles. The Labute approximate surface area is 144 Å². The van der Waals surface area contributed by atoms with Crippen LogP contribution in [0.15, 0.2) is 42.5 Å². The third-order valence-electron chi connectivity index (χ3n) is 3.19. The number of anilines is 1. The molecular formula is C17H16Cl2N2O2. The molecule has 2 N–H and O–H groups in total. The SMILES string of the molecule is Cc1ccc(C(=O)CCNC(=O)Nc2ccc(Cl)c(Cl)c2)cc1. The van der Waals surface area contributed by atoms with Crippen LogP contribution in [0.4, 0.5) is 10.5 Å². The van der Waals surface area contributed by atoms with Gasteiger partial charge >= 0.3 is 6.03 Å². The molecule has 2 rings (SSSR count). The van der Waals surface area contributed by atoms with Crippen molar-refractivity contribution in [1.82, 2.24) is 5.32 Å². The lowest BCUT2D eigenvalue weighted by Gasteiger charge is -2.08. The monoisotopic (exact) mass is 350 g/mol. The van der Waals surface area contributed by atoms with E-state index < -0.39 is 6.03 Å². The number of hydrogen-bond acceptors (Lipinski definition) is 2. The largest absolute Gasteiger partial charge is 0.337 e. The second-order valence-electron chi connectivity index (χ2n) is 5.05. The van der Waals surface area contributed by atoms with E-state index in [9.17, 15) is 9.59 Å². The van der Waals surface area contributed by atoms with Crippen molar-refractivity contribution < 1.29 is 9.59 Å². The Morgan fingerprint density at radius 1 is 1.00 bits per heavy atom. The molecule has 2 aromatic carbocycles. The number of carbonyl (C=O) groups is 2. The van der Waals surface area contributed by atoms with Gasteiger partial charge in [-0.2, -0.15) is 0 Å². The van der Waals surface area contributed by atoms with Crippen molar-refractivity contribution in [2.45, 2.75) is 13.3 Å². The van der Waals surface area contributed by atoms with Gasteiger partial charge in [0, 0.05) is 24.2 Å². The van der Waals surface area contributed by atoms with Crippen molar-refractivity contribution in [3.05, 3.63) is 63.6 Å². The first-order valence-corrected chi connectivity index (χ1v) is 7.81. The summed E-state index contributed by atoms with van der Waals surface area (Å²) in [5, 5.41) is 6.03. The minimum atomic E-state index is -0.403. The van der Waals surface area contributed by atoms with Gasteiger partial charge in [0.05, 0.1) is 10.0 Å². The number of benzene rings is 2. The van der Waals surface area contributed by atoms with Crippen LogP contribution in [0.2, 0.25) is 10.0 Å². The highest BCUT2D eigenvalue weighted by molar-refractivity contribution is 6.42. The van der Waals surface area contributed by atoms with Crippen LogP contribution in [0.3, 0.4) is 0 Å². The van der Waals surface area contributed by atoms with Gasteiger partial charge in [-0.3, -0.25) is 4.79 Å². The molecule has 0 saturated heterocycles. The van der Waals surface area contributed by atoms with Gasteiger partial charge in [-0.1, -0.05) is 53.0 Å². The average molecular weight is 351 g/mol. The summed E-state index contributed by atoms with van der Waals surface area (Å²) in [4.78, 5) is 23.7. The first kappa shape index (κ1) is 17.3. The standard InChI is InChI=1S/C17H16Cl2N2O2/c1-11-2-4-12(5-3-11)16(22)8-9-20-17(23)21-13-6-7-14(18)15(19)10-13/h2-7,10H,8-9H2,1H3,(H2,20,21,23). The molecule has 0 heterocycles. The molecule has 0 saturated carbocycles. The summed E-state index contributed by atoms with van der Waals surface area (Å²) in [6, 6.07) is 11.7. The van der Waals surface area contributed by atoms with E-state index in [4.69, 9.17) is 23.2 Å². The fourth-order valence-corrected chi connectivity index (χ4v) is 2.22. The van der Waals surface area contributed by atoms with Crippen LogP contribution in [0, 0.1) is 6.92 Å². The molecule has 23 heavy (non-hydrogen) atoms. The van der Waals surface area contributed by atoms with Crippen LogP contribution >= 0.6 is 23.2 Å². The molecule has 2 amide bonds. The molecule has 0 fully saturated rings. The summed E-state index contributed by atoms with van der Waals surface area (Å²) < 4.78 is 0. The molecule has 120 valence electrons. The van der Waals surface area contributed by atoms with Crippen LogP contribution < -0.4 is 10.6 Å². The van der Waals surface area contributed by atoms with E-state index in [-0.39, 0.29) is 18.7 Å². The second-order valence-corrected chi connectivity index (χ2v) is 5.86. The highest BCUT2D eigenvalue weighted by Crippen LogP contribution is 2.24. The Morgan fingerprint density at radius 2 is 1.70 bits per heavy atom. The van der Waals surface area contributed by atoms with Gasteiger partial charge in [-0.25, -0.2) is 4.79 Å². The van der Waals surface area contributed by atoms with Crippen molar-refractivity contribution in [3.63, 3.8) is 0 Å². The maximum atomic E-state index is 12.0. The zero-order chi connectivity index (χ0) is 16.8. The van der Waals surface area contributed by atoms with Crippen molar-refractivity contribution in [2.75, 3.05) is 11.9 Å². The number of halogens is 2. The normalized spacial score (nSPS) is 10.2. The van der Waals surface area contributed by atoms with E-state index in [2.05, 4.69) is 10.6 Å². The van der Waals surface area contributed by atoms with Gasteiger partial charge in [0.25, 0.3) is 0 Å². The summed E-state index contributed by atoms with van der Waals surface area (Å²) in [5.74, 6) is -0.0140. The average Bonchev–Trinajstić information content (AvgIpc) is 2.51. The summed E-state index contributed by atoms with van der Waals surface area (Å²) in [6.07, 6.45) is 0.234. The van der Waals surface area contributed by atoms with Gasteiger partial charge in [0.15, 0.2) is 5.78 Å². The Hall–Kier alpha value is -2.04. The zero-order valence-electron chi connectivity index (χ0n) is 12.5. The molecule has 4 nitrogen and oxygen atoms in total. The lowest BCUT2D eigenvalue weighted by Crippen LogP contribution is -2.30. The molecule has 0 unspecified atom stereocenters. The van der Waals surface area contributed by atoms with E-state index in [0.717, 1.165) is 5.56 Å².